The third-order valence-corrected chi connectivity index (χ3v) is 3.63. The number of rotatable bonds is 1. The zero-order chi connectivity index (χ0) is 14.3. The Morgan fingerprint density at radius 2 is 1.79 bits per heavy atom. The van der Waals surface area contributed by atoms with Gasteiger partial charge in [-0.15, -0.1) is 0 Å². The average Bonchev–Trinajstić information content (AvgIpc) is 2.68. The molecule has 0 aromatic heterocycles. The summed E-state index contributed by atoms with van der Waals surface area (Å²) < 4.78 is 5.33. The Morgan fingerprint density at radius 3 is 2.32 bits per heavy atom. The van der Waals surface area contributed by atoms with Crippen molar-refractivity contribution in [3.8, 4) is 0 Å². The summed E-state index contributed by atoms with van der Waals surface area (Å²) >= 11 is 0. The Kier molecular flexibility index (Phi) is 3.32. The van der Waals surface area contributed by atoms with Gasteiger partial charge < -0.3 is 14.5 Å². The van der Waals surface area contributed by atoms with Crippen LogP contribution in [-0.2, 0) is 9.53 Å². The van der Waals surface area contributed by atoms with Crippen LogP contribution < -0.4 is 0 Å². The molecule has 19 heavy (non-hydrogen) atoms. The number of hydrogen-bond acceptors (Lipinski definition) is 3. The Bertz CT molecular complexity index is 405. The van der Waals surface area contributed by atoms with E-state index >= 15 is 0 Å². The van der Waals surface area contributed by atoms with Crippen LogP contribution in [0.5, 0.6) is 0 Å². The van der Waals surface area contributed by atoms with Crippen LogP contribution in [0.2, 0.25) is 0 Å². The second-order valence-electron chi connectivity index (χ2n) is 6.55. The predicted octanol–water partition coefficient (Wildman–Crippen LogP) is 1.64. The van der Waals surface area contributed by atoms with E-state index in [2.05, 4.69) is 6.58 Å². The van der Waals surface area contributed by atoms with Crippen molar-refractivity contribution in [3.05, 3.63) is 12.7 Å². The molecule has 2 aliphatic heterocycles. The van der Waals surface area contributed by atoms with Gasteiger partial charge >= 0.3 is 6.09 Å². The monoisotopic (exact) mass is 266 g/mol. The Labute approximate surface area is 114 Å². The lowest BCUT2D eigenvalue weighted by atomic mass is 9.79. The van der Waals surface area contributed by atoms with Gasteiger partial charge in [-0.3, -0.25) is 4.79 Å². The number of carbonyl (C=O) groups excluding carboxylic acids is 2. The minimum Gasteiger partial charge on any atom is -0.444 e. The van der Waals surface area contributed by atoms with Crippen LogP contribution in [0.15, 0.2) is 12.7 Å². The second-order valence-corrected chi connectivity index (χ2v) is 6.55. The zero-order valence-electron chi connectivity index (χ0n) is 11.9. The molecule has 2 fully saturated rings. The average molecular weight is 266 g/mol. The summed E-state index contributed by atoms with van der Waals surface area (Å²) in [6.45, 7) is 11.9. The van der Waals surface area contributed by atoms with Crippen molar-refractivity contribution in [3.63, 3.8) is 0 Å². The molecule has 0 unspecified atom stereocenters. The molecule has 2 heterocycles. The number of likely N-dealkylation sites (tertiary alicyclic amines) is 2. The molecule has 2 saturated heterocycles. The SMILES string of the molecule is C=CC(=O)N1CCC2(C1)CN(C(=O)OC(C)(C)C)C2. The lowest BCUT2D eigenvalue weighted by Crippen LogP contribution is -2.60. The van der Waals surface area contributed by atoms with E-state index in [-0.39, 0.29) is 17.4 Å². The quantitative estimate of drug-likeness (QED) is 0.678. The first kappa shape index (κ1) is 13.9. The zero-order valence-corrected chi connectivity index (χ0v) is 11.9. The first-order chi connectivity index (χ1) is 8.75. The summed E-state index contributed by atoms with van der Waals surface area (Å²) in [6.07, 6.45) is 2.04. The lowest BCUT2D eigenvalue weighted by Gasteiger charge is -2.47. The maximum atomic E-state index is 11.9. The minimum atomic E-state index is -0.458. The lowest BCUT2D eigenvalue weighted by molar-refractivity contribution is -0.126. The topological polar surface area (TPSA) is 49.9 Å². The van der Waals surface area contributed by atoms with Crippen molar-refractivity contribution >= 4 is 12.0 Å². The van der Waals surface area contributed by atoms with E-state index in [0.717, 1.165) is 19.5 Å². The molecule has 2 aliphatic rings. The van der Waals surface area contributed by atoms with Gasteiger partial charge in [-0.2, -0.15) is 0 Å². The molecule has 0 N–H and O–H groups in total. The van der Waals surface area contributed by atoms with E-state index in [1.54, 1.807) is 9.80 Å². The molecule has 0 saturated carbocycles. The van der Waals surface area contributed by atoms with Crippen LogP contribution in [-0.4, -0.2) is 53.6 Å². The minimum absolute atomic E-state index is 0.0207. The van der Waals surface area contributed by atoms with E-state index in [0.29, 0.717) is 13.1 Å². The molecule has 2 amide bonds. The van der Waals surface area contributed by atoms with Crippen LogP contribution in [0.4, 0.5) is 4.79 Å². The summed E-state index contributed by atoms with van der Waals surface area (Å²) in [4.78, 5) is 26.9. The molecule has 0 aromatic rings. The van der Waals surface area contributed by atoms with Gasteiger partial charge in [0.2, 0.25) is 5.91 Å². The number of ether oxygens (including phenoxy) is 1. The summed E-state index contributed by atoms with van der Waals surface area (Å²) in [5.41, 5.74) is -0.379. The maximum absolute atomic E-state index is 11.9. The van der Waals surface area contributed by atoms with Crippen molar-refractivity contribution in [2.75, 3.05) is 26.2 Å². The highest BCUT2D eigenvalue weighted by molar-refractivity contribution is 5.87. The van der Waals surface area contributed by atoms with Crippen LogP contribution >= 0.6 is 0 Å². The highest BCUT2D eigenvalue weighted by Gasteiger charge is 2.50. The van der Waals surface area contributed by atoms with Gasteiger partial charge in [-0.25, -0.2) is 4.79 Å². The fraction of sp³-hybridized carbons (Fsp3) is 0.714. The van der Waals surface area contributed by atoms with Crippen LogP contribution in [0, 0.1) is 5.41 Å². The van der Waals surface area contributed by atoms with E-state index < -0.39 is 5.60 Å². The Morgan fingerprint density at radius 1 is 1.21 bits per heavy atom. The maximum Gasteiger partial charge on any atom is 0.410 e. The normalized spacial score (nSPS) is 21.2. The third kappa shape index (κ3) is 2.91. The molecule has 0 radical (unpaired) electrons. The van der Waals surface area contributed by atoms with Crippen LogP contribution in [0.25, 0.3) is 0 Å². The summed E-state index contributed by atoms with van der Waals surface area (Å²) in [7, 11) is 0. The fourth-order valence-electron chi connectivity index (χ4n) is 2.73. The smallest absolute Gasteiger partial charge is 0.410 e. The van der Waals surface area contributed by atoms with Gasteiger partial charge in [-0.05, 0) is 33.3 Å². The van der Waals surface area contributed by atoms with Gasteiger partial charge in [0.25, 0.3) is 0 Å². The van der Waals surface area contributed by atoms with E-state index in [1.165, 1.54) is 6.08 Å². The van der Waals surface area contributed by atoms with E-state index in [1.807, 2.05) is 20.8 Å². The summed E-state index contributed by atoms with van der Waals surface area (Å²) in [6, 6.07) is 0. The number of amides is 2. The summed E-state index contributed by atoms with van der Waals surface area (Å²) in [5.74, 6) is -0.0207. The first-order valence-electron chi connectivity index (χ1n) is 6.64. The molecule has 1 spiro atoms. The van der Waals surface area contributed by atoms with Crippen LogP contribution in [0.3, 0.4) is 0 Å². The molecule has 2 rings (SSSR count). The molecule has 0 aromatic carbocycles. The highest BCUT2D eigenvalue weighted by atomic mass is 16.6. The largest absolute Gasteiger partial charge is 0.444 e. The number of nitrogens with zero attached hydrogens (tertiary/aromatic N) is 2. The van der Waals surface area contributed by atoms with Crippen molar-refractivity contribution in [2.24, 2.45) is 5.41 Å². The Balaban J connectivity index is 1.85. The van der Waals surface area contributed by atoms with Gasteiger partial charge in [0, 0.05) is 31.6 Å². The molecule has 106 valence electrons. The second kappa shape index (κ2) is 4.54. The standard InChI is InChI=1S/C14H22N2O3/c1-5-11(17)15-7-6-14(8-15)9-16(10-14)12(18)19-13(2,3)4/h5H,1,6-10H2,2-4H3. The highest BCUT2D eigenvalue weighted by Crippen LogP contribution is 2.40. The van der Waals surface area contributed by atoms with Gasteiger partial charge in [0.1, 0.15) is 5.60 Å². The first-order valence-corrected chi connectivity index (χ1v) is 6.64. The number of hydrogen-bond donors (Lipinski definition) is 0. The fourth-order valence-corrected chi connectivity index (χ4v) is 2.73. The van der Waals surface area contributed by atoms with E-state index in [4.69, 9.17) is 4.74 Å². The molecule has 5 heteroatoms. The molecule has 0 aliphatic carbocycles. The van der Waals surface area contributed by atoms with E-state index in [9.17, 15) is 9.59 Å². The summed E-state index contributed by atoms with van der Waals surface area (Å²) in [5, 5.41) is 0. The molecular weight excluding hydrogens is 244 g/mol. The van der Waals surface area contributed by atoms with Crippen LogP contribution in [0.1, 0.15) is 27.2 Å². The molecule has 0 bridgehead atoms. The van der Waals surface area contributed by atoms with Gasteiger partial charge in [0.05, 0.1) is 0 Å². The van der Waals surface area contributed by atoms with Crippen molar-refractivity contribution < 1.29 is 14.3 Å². The van der Waals surface area contributed by atoms with Gasteiger partial charge in [0.15, 0.2) is 0 Å². The predicted molar refractivity (Wildman–Crippen MR) is 71.6 cm³/mol. The Hall–Kier alpha value is -1.52. The number of carbonyl (C=O) groups is 2. The molecule has 5 nitrogen and oxygen atoms in total. The molecular formula is C14H22N2O3. The van der Waals surface area contributed by atoms with Crippen molar-refractivity contribution in [1.29, 1.82) is 0 Å². The molecule has 0 atom stereocenters. The van der Waals surface area contributed by atoms with Crippen molar-refractivity contribution in [1.82, 2.24) is 9.80 Å². The van der Waals surface area contributed by atoms with Gasteiger partial charge in [-0.1, -0.05) is 6.58 Å². The third-order valence-electron chi connectivity index (χ3n) is 3.63. The van der Waals surface area contributed by atoms with Crippen molar-refractivity contribution in [2.45, 2.75) is 32.8 Å².